The van der Waals surface area contributed by atoms with Crippen molar-refractivity contribution in [2.24, 2.45) is 5.41 Å². The molecule has 4 heteroatoms. The van der Waals surface area contributed by atoms with Crippen LogP contribution in [0.4, 0.5) is 4.79 Å². The van der Waals surface area contributed by atoms with Crippen molar-refractivity contribution in [3.05, 3.63) is 35.4 Å². The summed E-state index contributed by atoms with van der Waals surface area (Å²) in [6.45, 7) is 6.52. The first-order valence-corrected chi connectivity index (χ1v) is 8.06. The van der Waals surface area contributed by atoms with Crippen LogP contribution >= 0.6 is 0 Å². The van der Waals surface area contributed by atoms with Gasteiger partial charge in [-0.05, 0) is 31.7 Å². The topological polar surface area (TPSA) is 41.6 Å². The molecule has 0 atom stereocenters. The lowest BCUT2D eigenvalue weighted by Gasteiger charge is -2.41. The van der Waals surface area contributed by atoms with Crippen LogP contribution in [0.25, 0.3) is 0 Å². The van der Waals surface area contributed by atoms with Crippen molar-refractivity contribution in [2.45, 2.75) is 38.6 Å². The van der Waals surface area contributed by atoms with E-state index in [1.54, 1.807) is 4.90 Å². The first-order chi connectivity index (χ1) is 10.4. The van der Waals surface area contributed by atoms with Gasteiger partial charge in [-0.25, -0.2) is 4.79 Å². The highest BCUT2D eigenvalue weighted by atomic mass is 16.5. The van der Waals surface area contributed by atoms with Crippen molar-refractivity contribution in [3.8, 4) is 0 Å². The SMILES string of the molecule is Cc1cccc(CC2(NC(=O)N(C)CC3(C)COC3)CC2)c1. The maximum atomic E-state index is 12.4. The van der Waals surface area contributed by atoms with E-state index in [-0.39, 0.29) is 17.0 Å². The first-order valence-electron chi connectivity index (χ1n) is 8.06. The Labute approximate surface area is 132 Å². The molecule has 120 valence electrons. The van der Waals surface area contributed by atoms with Crippen LogP contribution in [0, 0.1) is 12.3 Å². The molecule has 0 unspecified atom stereocenters. The number of carbonyl (C=O) groups is 1. The van der Waals surface area contributed by atoms with Gasteiger partial charge in [0.2, 0.25) is 0 Å². The zero-order valence-electron chi connectivity index (χ0n) is 13.8. The summed E-state index contributed by atoms with van der Waals surface area (Å²) >= 11 is 0. The second kappa shape index (κ2) is 5.58. The van der Waals surface area contributed by atoms with Gasteiger partial charge in [0.05, 0.1) is 13.2 Å². The predicted octanol–water partition coefficient (Wildman–Crippen LogP) is 2.75. The number of aryl methyl sites for hydroxylation is 1. The number of ether oxygens (including phenoxy) is 1. The maximum Gasteiger partial charge on any atom is 0.317 e. The zero-order valence-corrected chi connectivity index (χ0v) is 13.8. The Kier molecular flexibility index (Phi) is 3.89. The Morgan fingerprint density at radius 3 is 2.64 bits per heavy atom. The number of benzene rings is 1. The van der Waals surface area contributed by atoms with E-state index in [1.807, 2.05) is 7.05 Å². The number of nitrogens with zero attached hydrogens (tertiary/aromatic N) is 1. The van der Waals surface area contributed by atoms with Crippen molar-refractivity contribution in [1.29, 1.82) is 0 Å². The number of urea groups is 1. The van der Waals surface area contributed by atoms with Crippen LogP contribution in [0.3, 0.4) is 0 Å². The molecule has 0 radical (unpaired) electrons. The first kappa shape index (κ1) is 15.3. The Morgan fingerprint density at radius 1 is 1.36 bits per heavy atom. The lowest BCUT2D eigenvalue weighted by Crippen LogP contribution is -2.53. The van der Waals surface area contributed by atoms with Crippen molar-refractivity contribution in [1.82, 2.24) is 10.2 Å². The van der Waals surface area contributed by atoms with E-state index in [1.165, 1.54) is 11.1 Å². The summed E-state index contributed by atoms with van der Waals surface area (Å²) in [6.07, 6.45) is 3.07. The number of carbonyl (C=O) groups excluding carboxylic acids is 1. The molecule has 1 saturated carbocycles. The Morgan fingerprint density at radius 2 is 2.09 bits per heavy atom. The summed E-state index contributed by atoms with van der Waals surface area (Å²) in [5.74, 6) is 0. The molecule has 1 aromatic rings. The minimum Gasteiger partial charge on any atom is -0.380 e. The molecule has 3 rings (SSSR count). The van der Waals surface area contributed by atoms with Gasteiger partial charge < -0.3 is 15.0 Å². The van der Waals surface area contributed by atoms with Gasteiger partial charge >= 0.3 is 6.03 Å². The normalized spacial score (nSPS) is 20.9. The molecule has 22 heavy (non-hydrogen) atoms. The average Bonchev–Trinajstić information content (AvgIpc) is 3.16. The van der Waals surface area contributed by atoms with Gasteiger partial charge in [-0.2, -0.15) is 0 Å². The van der Waals surface area contributed by atoms with Gasteiger partial charge in [-0.15, -0.1) is 0 Å². The summed E-state index contributed by atoms with van der Waals surface area (Å²) in [4.78, 5) is 14.3. The molecule has 0 spiro atoms. The molecule has 2 aliphatic rings. The van der Waals surface area contributed by atoms with Crippen molar-refractivity contribution in [2.75, 3.05) is 26.8 Å². The summed E-state index contributed by atoms with van der Waals surface area (Å²) in [7, 11) is 1.88. The van der Waals surface area contributed by atoms with Crippen LogP contribution in [0.2, 0.25) is 0 Å². The molecule has 1 aliphatic heterocycles. The minimum atomic E-state index is -0.0316. The lowest BCUT2D eigenvalue weighted by atomic mass is 9.88. The standard InChI is InChI=1S/C18H26N2O2/c1-14-5-4-6-15(9-14)10-18(7-8-18)19-16(21)20(3)11-17(2)12-22-13-17/h4-6,9H,7-8,10-13H2,1-3H3,(H,19,21). The molecular formula is C18H26N2O2. The van der Waals surface area contributed by atoms with E-state index in [0.717, 1.165) is 39.0 Å². The second-order valence-electron chi connectivity index (χ2n) is 7.54. The number of hydrogen-bond acceptors (Lipinski definition) is 2. The fourth-order valence-corrected chi connectivity index (χ4v) is 3.22. The monoisotopic (exact) mass is 302 g/mol. The summed E-state index contributed by atoms with van der Waals surface area (Å²) < 4.78 is 5.26. The molecule has 1 N–H and O–H groups in total. The highest BCUT2D eigenvalue weighted by Gasteiger charge is 2.45. The van der Waals surface area contributed by atoms with Gasteiger partial charge in [0.25, 0.3) is 0 Å². The van der Waals surface area contributed by atoms with Gasteiger partial charge in [0.15, 0.2) is 0 Å². The van der Waals surface area contributed by atoms with Gasteiger partial charge in [-0.3, -0.25) is 0 Å². The lowest BCUT2D eigenvalue weighted by molar-refractivity contribution is -0.108. The average molecular weight is 302 g/mol. The molecule has 1 saturated heterocycles. The number of hydrogen-bond donors (Lipinski definition) is 1. The number of nitrogens with one attached hydrogen (secondary N) is 1. The third-order valence-corrected chi connectivity index (χ3v) is 4.72. The number of rotatable bonds is 5. The fraction of sp³-hybridized carbons (Fsp3) is 0.611. The third kappa shape index (κ3) is 3.43. The van der Waals surface area contributed by atoms with E-state index >= 15 is 0 Å². The third-order valence-electron chi connectivity index (χ3n) is 4.72. The minimum absolute atomic E-state index is 0.0316. The van der Waals surface area contributed by atoms with Crippen LogP contribution in [0.15, 0.2) is 24.3 Å². The summed E-state index contributed by atoms with van der Waals surface area (Å²) in [6, 6.07) is 8.60. The van der Waals surface area contributed by atoms with E-state index in [0.29, 0.717) is 0 Å². The molecule has 1 heterocycles. The van der Waals surface area contributed by atoms with E-state index in [9.17, 15) is 4.79 Å². The largest absolute Gasteiger partial charge is 0.380 e. The Bertz CT molecular complexity index is 562. The summed E-state index contributed by atoms with van der Waals surface area (Å²) in [5, 5.41) is 3.25. The van der Waals surface area contributed by atoms with Gasteiger partial charge in [0.1, 0.15) is 0 Å². The molecule has 1 aromatic carbocycles. The van der Waals surface area contributed by atoms with Gasteiger partial charge in [0, 0.05) is 24.5 Å². The highest BCUT2D eigenvalue weighted by molar-refractivity contribution is 5.75. The highest BCUT2D eigenvalue weighted by Crippen LogP contribution is 2.39. The van der Waals surface area contributed by atoms with Crippen LogP contribution in [0.1, 0.15) is 30.9 Å². The molecular weight excluding hydrogens is 276 g/mol. The van der Waals surface area contributed by atoms with Crippen LogP contribution in [-0.2, 0) is 11.2 Å². The molecule has 2 amide bonds. The Balaban J connectivity index is 1.56. The van der Waals surface area contributed by atoms with Crippen LogP contribution in [-0.4, -0.2) is 43.3 Å². The second-order valence-corrected chi connectivity index (χ2v) is 7.54. The zero-order chi connectivity index (χ0) is 15.8. The smallest absolute Gasteiger partial charge is 0.317 e. The predicted molar refractivity (Wildman–Crippen MR) is 86.9 cm³/mol. The quantitative estimate of drug-likeness (QED) is 0.908. The van der Waals surface area contributed by atoms with E-state index in [2.05, 4.69) is 43.4 Å². The molecule has 0 aromatic heterocycles. The van der Waals surface area contributed by atoms with E-state index in [4.69, 9.17) is 4.74 Å². The van der Waals surface area contributed by atoms with E-state index < -0.39 is 0 Å². The molecule has 0 bridgehead atoms. The molecule has 2 fully saturated rings. The van der Waals surface area contributed by atoms with Gasteiger partial charge in [-0.1, -0.05) is 36.8 Å². The maximum absolute atomic E-state index is 12.4. The molecule has 1 aliphatic carbocycles. The number of amides is 2. The van der Waals surface area contributed by atoms with Crippen molar-refractivity contribution >= 4 is 6.03 Å². The van der Waals surface area contributed by atoms with Crippen LogP contribution in [0.5, 0.6) is 0 Å². The van der Waals surface area contributed by atoms with Crippen molar-refractivity contribution in [3.63, 3.8) is 0 Å². The fourth-order valence-electron chi connectivity index (χ4n) is 3.22. The summed E-state index contributed by atoms with van der Waals surface area (Å²) in [5.41, 5.74) is 2.67. The Hall–Kier alpha value is -1.55. The van der Waals surface area contributed by atoms with Crippen molar-refractivity contribution < 1.29 is 9.53 Å². The van der Waals surface area contributed by atoms with Crippen LogP contribution < -0.4 is 5.32 Å². The molecule has 4 nitrogen and oxygen atoms in total.